The summed E-state index contributed by atoms with van der Waals surface area (Å²) in [5.41, 5.74) is 0. The zero-order valence-corrected chi connectivity index (χ0v) is 8.69. The van der Waals surface area contributed by atoms with Gasteiger partial charge in [-0.3, -0.25) is 4.90 Å². The molecule has 0 saturated carbocycles. The summed E-state index contributed by atoms with van der Waals surface area (Å²) in [6.07, 6.45) is 1.36. The van der Waals surface area contributed by atoms with E-state index in [0.717, 1.165) is 0 Å². The van der Waals surface area contributed by atoms with Crippen molar-refractivity contribution in [2.75, 3.05) is 45.8 Å². The molecule has 3 heteroatoms. The molecular weight excluding hydrogens is 172 g/mol. The van der Waals surface area contributed by atoms with E-state index >= 15 is 0 Å². The molecule has 0 spiro atoms. The molecule has 3 rings (SSSR count). The van der Waals surface area contributed by atoms with E-state index in [1.165, 1.54) is 56.7 Å². The number of hydrogen-bond donors (Lipinski definition) is 0. The number of halogens is 1. The lowest BCUT2D eigenvalue weighted by molar-refractivity contribution is -0.941. The van der Waals surface area contributed by atoms with Crippen LogP contribution in [0.2, 0.25) is 0 Å². The van der Waals surface area contributed by atoms with Crippen molar-refractivity contribution in [1.82, 2.24) is 4.90 Å². The van der Waals surface area contributed by atoms with Crippen LogP contribution in [0.1, 0.15) is 13.3 Å². The first kappa shape index (κ1) is 10.3. The summed E-state index contributed by atoms with van der Waals surface area (Å²) in [5, 5.41) is 0. The quantitative estimate of drug-likeness (QED) is 0.437. The van der Waals surface area contributed by atoms with Gasteiger partial charge in [-0.25, -0.2) is 0 Å². The molecule has 3 fully saturated rings. The zero-order chi connectivity index (χ0) is 7.73. The molecule has 3 aliphatic rings. The molecular formula is C9H19ClN2. The molecule has 0 amide bonds. The van der Waals surface area contributed by atoms with Crippen molar-refractivity contribution in [2.24, 2.45) is 0 Å². The lowest BCUT2D eigenvalue weighted by Crippen LogP contribution is -3.00. The predicted octanol–water partition coefficient (Wildman–Crippen LogP) is -2.45. The summed E-state index contributed by atoms with van der Waals surface area (Å²) in [4.78, 5) is 2.61. The van der Waals surface area contributed by atoms with Crippen LogP contribution in [0.4, 0.5) is 0 Å². The Kier molecular flexibility index (Phi) is 3.38. The molecule has 3 heterocycles. The van der Waals surface area contributed by atoms with E-state index in [0.29, 0.717) is 0 Å². The molecule has 0 aromatic carbocycles. The second-order valence-electron chi connectivity index (χ2n) is 4.08. The van der Waals surface area contributed by atoms with Crippen molar-refractivity contribution >= 4 is 0 Å². The summed E-state index contributed by atoms with van der Waals surface area (Å²) in [7, 11) is 0. The highest BCUT2D eigenvalue weighted by Crippen LogP contribution is 2.19. The smallest absolute Gasteiger partial charge is 0.0916 e. The molecule has 0 aromatic heterocycles. The molecule has 0 aromatic rings. The molecule has 12 heavy (non-hydrogen) atoms. The first-order valence-corrected chi connectivity index (χ1v) is 4.92. The SMILES string of the molecule is CCC[N+]12CCN(CC1)CC2.[Cl-]. The second-order valence-corrected chi connectivity index (χ2v) is 4.08. The fraction of sp³-hybridized carbons (Fsp3) is 1.00. The number of piperazine rings is 3. The molecule has 3 aliphatic heterocycles. The highest BCUT2D eigenvalue weighted by Gasteiger charge is 2.37. The van der Waals surface area contributed by atoms with Gasteiger partial charge in [-0.1, -0.05) is 6.92 Å². The van der Waals surface area contributed by atoms with Gasteiger partial charge >= 0.3 is 0 Å². The average Bonchev–Trinajstić information content (AvgIpc) is 2.07. The Morgan fingerprint density at radius 1 is 1.08 bits per heavy atom. The third-order valence-electron chi connectivity index (χ3n) is 3.37. The summed E-state index contributed by atoms with van der Waals surface area (Å²) in [5.74, 6) is 0. The lowest BCUT2D eigenvalue weighted by Gasteiger charge is -2.50. The number of nitrogens with zero attached hydrogens (tertiary/aromatic N) is 2. The second kappa shape index (κ2) is 3.95. The molecule has 3 saturated heterocycles. The minimum atomic E-state index is 0. The van der Waals surface area contributed by atoms with Gasteiger partial charge in [0.1, 0.15) is 0 Å². The van der Waals surface area contributed by atoms with Crippen LogP contribution >= 0.6 is 0 Å². The Hall–Kier alpha value is 0.210. The highest BCUT2D eigenvalue weighted by molar-refractivity contribution is 4.70. The Morgan fingerprint density at radius 2 is 1.58 bits per heavy atom. The molecule has 0 atom stereocenters. The maximum absolute atomic E-state index is 2.61. The summed E-state index contributed by atoms with van der Waals surface area (Å²) in [6.45, 7) is 12.1. The molecule has 2 bridgehead atoms. The van der Waals surface area contributed by atoms with Crippen molar-refractivity contribution in [3.8, 4) is 0 Å². The van der Waals surface area contributed by atoms with Gasteiger partial charge in [0.25, 0.3) is 0 Å². The van der Waals surface area contributed by atoms with E-state index in [9.17, 15) is 0 Å². The van der Waals surface area contributed by atoms with E-state index in [4.69, 9.17) is 0 Å². The molecule has 0 radical (unpaired) electrons. The third-order valence-corrected chi connectivity index (χ3v) is 3.37. The van der Waals surface area contributed by atoms with Crippen molar-refractivity contribution in [3.63, 3.8) is 0 Å². The third kappa shape index (κ3) is 1.76. The maximum atomic E-state index is 2.61. The Labute approximate surface area is 81.5 Å². The van der Waals surface area contributed by atoms with E-state index in [2.05, 4.69) is 11.8 Å². The van der Waals surface area contributed by atoms with Crippen LogP contribution in [0.25, 0.3) is 0 Å². The van der Waals surface area contributed by atoms with E-state index < -0.39 is 0 Å². The Morgan fingerprint density at radius 3 is 2.00 bits per heavy atom. The molecule has 0 unspecified atom stereocenters. The largest absolute Gasteiger partial charge is 1.00 e. The Balaban J connectivity index is 0.000000720. The summed E-state index contributed by atoms with van der Waals surface area (Å²) in [6, 6.07) is 0. The number of fused-ring (bicyclic) bond motifs is 3. The minimum Gasteiger partial charge on any atom is -1.00 e. The predicted molar refractivity (Wildman–Crippen MR) is 46.5 cm³/mol. The average molecular weight is 191 g/mol. The van der Waals surface area contributed by atoms with Crippen LogP contribution in [-0.4, -0.2) is 55.2 Å². The first-order valence-electron chi connectivity index (χ1n) is 4.92. The standard InChI is InChI=1S/C9H19N2.ClH/c1-2-6-11-7-3-10(4-8-11)5-9-11;/h2-9H2,1H3;1H/q+1;/p-1. The van der Waals surface area contributed by atoms with Gasteiger partial charge in [0, 0.05) is 19.6 Å². The normalized spacial score (nSPS) is 39.2. The van der Waals surface area contributed by atoms with Crippen LogP contribution in [0.5, 0.6) is 0 Å². The zero-order valence-electron chi connectivity index (χ0n) is 7.93. The monoisotopic (exact) mass is 190 g/mol. The van der Waals surface area contributed by atoms with E-state index in [-0.39, 0.29) is 12.4 Å². The van der Waals surface area contributed by atoms with Crippen molar-refractivity contribution in [3.05, 3.63) is 0 Å². The molecule has 2 nitrogen and oxygen atoms in total. The van der Waals surface area contributed by atoms with Gasteiger partial charge in [-0.2, -0.15) is 0 Å². The summed E-state index contributed by atoms with van der Waals surface area (Å²) < 4.78 is 1.44. The van der Waals surface area contributed by atoms with Crippen LogP contribution in [-0.2, 0) is 0 Å². The maximum Gasteiger partial charge on any atom is 0.0916 e. The van der Waals surface area contributed by atoms with Gasteiger partial charge in [0.15, 0.2) is 0 Å². The Bertz CT molecular complexity index is 122. The molecule has 0 N–H and O–H groups in total. The van der Waals surface area contributed by atoms with Gasteiger partial charge in [0.05, 0.1) is 26.2 Å². The highest BCUT2D eigenvalue weighted by atomic mass is 35.5. The van der Waals surface area contributed by atoms with Crippen LogP contribution in [0.3, 0.4) is 0 Å². The topological polar surface area (TPSA) is 3.24 Å². The number of quaternary nitrogens is 1. The van der Waals surface area contributed by atoms with Crippen LogP contribution in [0.15, 0.2) is 0 Å². The van der Waals surface area contributed by atoms with Gasteiger partial charge in [0.2, 0.25) is 0 Å². The van der Waals surface area contributed by atoms with E-state index in [1.807, 2.05) is 0 Å². The van der Waals surface area contributed by atoms with Crippen LogP contribution in [0, 0.1) is 0 Å². The van der Waals surface area contributed by atoms with Crippen molar-refractivity contribution < 1.29 is 16.9 Å². The van der Waals surface area contributed by atoms with Crippen LogP contribution < -0.4 is 12.4 Å². The first-order chi connectivity index (χ1) is 5.35. The molecule has 72 valence electrons. The minimum absolute atomic E-state index is 0. The lowest BCUT2D eigenvalue weighted by atomic mass is 10.1. The number of rotatable bonds is 2. The van der Waals surface area contributed by atoms with Gasteiger partial charge in [-0.15, -0.1) is 0 Å². The fourth-order valence-corrected chi connectivity index (χ4v) is 2.54. The van der Waals surface area contributed by atoms with Crippen molar-refractivity contribution in [2.45, 2.75) is 13.3 Å². The van der Waals surface area contributed by atoms with E-state index in [1.54, 1.807) is 0 Å². The number of hydrogen-bond acceptors (Lipinski definition) is 1. The van der Waals surface area contributed by atoms with Crippen molar-refractivity contribution in [1.29, 1.82) is 0 Å². The molecule has 0 aliphatic carbocycles. The fourth-order valence-electron chi connectivity index (χ4n) is 2.54. The van der Waals surface area contributed by atoms with Gasteiger partial charge < -0.3 is 16.9 Å². The van der Waals surface area contributed by atoms with Gasteiger partial charge in [-0.05, 0) is 6.42 Å². The summed E-state index contributed by atoms with van der Waals surface area (Å²) >= 11 is 0.